The standard InChI is InChI=1S/C12H19N3OS/c1-2-7-15(9-3-4-9)8-10-5-6-11(17-10)12(16)14-13/h5-6,9H,2-4,7-8,13H2,1H3,(H,14,16). The zero-order valence-electron chi connectivity index (χ0n) is 10.1. The predicted molar refractivity (Wildman–Crippen MR) is 69.7 cm³/mol. The van der Waals surface area contributed by atoms with E-state index >= 15 is 0 Å². The Morgan fingerprint density at radius 2 is 2.35 bits per heavy atom. The largest absolute Gasteiger partial charge is 0.295 e. The Morgan fingerprint density at radius 1 is 1.59 bits per heavy atom. The van der Waals surface area contributed by atoms with Crippen molar-refractivity contribution in [2.45, 2.75) is 38.8 Å². The number of carbonyl (C=O) groups is 1. The van der Waals surface area contributed by atoms with E-state index in [1.165, 1.54) is 35.5 Å². The van der Waals surface area contributed by atoms with Gasteiger partial charge in [-0.2, -0.15) is 0 Å². The minimum Gasteiger partial charge on any atom is -0.295 e. The van der Waals surface area contributed by atoms with Gasteiger partial charge in [-0.05, 0) is 37.9 Å². The SMILES string of the molecule is CCCN(Cc1ccc(C(=O)NN)s1)C1CC1. The van der Waals surface area contributed by atoms with Gasteiger partial charge < -0.3 is 0 Å². The molecule has 0 unspecified atom stereocenters. The molecule has 2 rings (SSSR count). The smallest absolute Gasteiger partial charge is 0.275 e. The first-order valence-corrected chi connectivity index (χ1v) is 6.90. The van der Waals surface area contributed by atoms with Crippen molar-refractivity contribution in [3.8, 4) is 0 Å². The Morgan fingerprint density at radius 3 is 2.94 bits per heavy atom. The lowest BCUT2D eigenvalue weighted by molar-refractivity contribution is 0.0957. The topological polar surface area (TPSA) is 58.4 Å². The second kappa shape index (κ2) is 5.62. The third kappa shape index (κ3) is 3.28. The lowest BCUT2D eigenvalue weighted by Crippen LogP contribution is -2.29. The van der Waals surface area contributed by atoms with E-state index in [4.69, 9.17) is 5.84 Å². The molecule has 1 aromatic rings. The van der Waals surface area contributed by atoms with Gasteiger partial charge in [-0.25, -0.2) is 5.84 Å². The van der Waals surface area contributed by atoms with E-state index in [9.17, 15) is 4.79 Å². The minimum absolute atomic E-state index is 0.199. The molecule has 0 radical (unpaired) electrons. The van der Waals surface area contributed by atoms with Crippen LogP contribution in [-0.4, -0.2) is 23.4 Å². The third-order valence-electron chi connectivity index (χ3n) is 2.95. The monoisotopic (exact) mass is 253 g/mol. The maximum Gasteiger partial charge on any atom is 0.275 e. The van der Waals surface area contributed by atoms with Crippen LogP contribution in [0.1, 0.15) is 40.7 Å². The van der Waals surface area contributed by atoms with E-state index in [-0.39, 0.29) is 5.91 Å². The number of nitrogens with one attached hydrogen (secondary N) is 1. The molecule has 1 aromatic heterocycles. The first-order chi connectivity index (χ1) is 8.24. The molecule has 3 N–H and O–H groups in total. The molecule has 0 saturated heterocycles. The average molecular weight is 253 g/mol. The number of rotatable bonds is 6. The highest BCUT2D eigenvalue weighted by atomic mass is 32.1. The van der Waals surface area contributed by atoms with Crippen molar-refractivity contribution in [3.05, 3.63) is 21.9 Å². The molecule has 0 bridgehead atoms. The van der Waals surface area contributed by atoms with Gasteiger partial charge in [0.25, 0.3) is 5.91 Å². The van der Waals surface area contributed by atoms with Crippen molar-refractivity contribution in [3.63, 3.8) is 0 Å². The van der Waals surface area contributed by atoms with E-state index in [1.807, 2.05) is 12.1 Å². The molecule has 4 nitrogen and oxygen atoms in total. The van der Waals surface area contributed by atoms with Crippen LogP contribution in [0, 0.1) is 0 Å². The second-order valence-electron chi connectivity index (χ2n) is 4.44. The number of amides is 1. The lowest BCUT2D eigenvalue weighted by atomic mass is 10.3. The zero-order valence-corrected chi connectivity index (χ0v) is 10.9. The lowest BCUT2D eigenvalue weighted by Gasteiger charge is -2.20. The summed E-state index contributed by atoms with van der Waals surface area (Å²) in [6.45, 7) is 4.30. The van der Waals surface area contributed by atoms with Crippen LogP contribution in [0.2, 0.25) is 0 Å². The van der Waals surface area contributed by atoms with Gasteiger partial charge in [0.15, 0.2) is 0 Å². The van der Waals surface area contributed by atoms with E-state index in [0.29, 0.717) is 4.88 Å². The molecular weight excluding hydrogens is 234 g/mol. The Hall–Kier alpha value is -0.910. The van der Waals surface area contributed by atoms with Crippen molar-refractivity contribution in [2.24, 2.45) is 5.84 Å². The molecule has 0 aliphatic heterocycles. The van der Waals surface area contributed by atoms with Crippen LogP contribution in [-0.2, 0) is 6.54 Å². The quantitative estimate of drug-likeness (QED) is 0.461. The summed E-state index contributed by atoms with van der Waals surface area (Å²) in [5.74, 6) is 4.92. The number of thiophene rings is 1. The van der Waals surface area contributed by atoms with Crippen LogP contribution in [0.25, 0.3) is 0 Å². The minimum atomic E-state index is -0.199. The van der Waals surface area contributed by atoms with Gasteiger partial charge >= 0.3 is 0 Å². The van der Waals surface area contributed by atoms with Gasteiger partial charge in [0.1, 0.15) is 0 Å². The first kappa shape index (κ1) is 12.5. The zero-order chi connectivity index (χ0) is 12.3. The number of nitrogens with two attached hydrogens (primary N) is 1. The summed E-state index contributed by atoms with van der Waals surface area (Å²) >= 11 is 1.53. The molecule has 1 saturated carbocycles. The summed E-state index contributed by atoms with van der Waals surface area (Å²) < 4.78 is 0. The van der Waals surface area contributed by atoms with Crippen LogP contribution in [0.4, 0.5) is 0 Å². The highest BCUT2D eigenvalue weighted by Crippen LogP contribution is 2.29. The maximum atomic E-state index is 11.3. The Bertz CT molecular complexity index is 387. The number of nitrogen functional groups attached to an aromatic ring is 1. The Balaban J connectivity index is 1.97. The molecular formula is C12H19N3OS. The van der Waals surface area contributed by atoms with Crippen molar-refractivity contribution in [2.75, 3.05) is 6.54 Å². The van der Waals surface area contributed by atoms with Gasteiger partial charge in [0, 0.05) is 17.5 Å². The Labute approximate surface area is 106 Å². The normalized spacial score (nSPS) is 15.2. The van der Waals surface area contributed by atoms with Crippen LogP contribution < -0.4 is 11.3 Å². The van der Waals surface area contributed by atoms with Gasteiger partial charge in [-0.15, -0.1) is 11.3 Å². The molecule has 5 heteroatoms. The summed E-state index contributed by atoms with van der Waals surface area (Å²) in [5.41, 5.74) is 2.17. The molecule has 1 aliphatic carbocycles. The molecule has 1 heterocycles. The predicted octanol–water partition coefficient (Wildman–Crippen LogP) is 1.73. The van der Waals surface area contributed by atoms with E-state index in [1.54, 1.807) is 0 Å². The first-order valence-electron chi connectivity index (χ1n) is 6.08. The summed E-state index contributed by atoms with van der Waals surface area (Å²) in [6.07, 6.45) is 3.82. The van der Waals surface area contributed by atoms with E-state index < -0.39 is 0 Å². The van der Waals surface area contributed by atoms with E-state index in [0.717, 1.165) is 19.1 Å². The Kier molecular flexibility index (Phi) is 4.15. The van der Waals surface area contributed by atoms with Gasteiger partial charge in [0.05, 0.1) is 4.88 Å². The molecule has 94 valence electrons. The molecule has 0 atom stereocenters. The molecule has 1 aliphatic rings. The fourth-order valence-corrected chi connectivity index (χ4v) is 2.91. The average Bonchev–Trinajstić information content (AvgIpc) is 3.08. The fourth-order valence-electron chi connectivity index (χ4n) is 1.97. The van der Waals surface area contributed by atoms with Gasteiger partial charge in [-0.3, -0.25) is 15.1 Å². The molecule has 0 aromatic carbocycles. The van der Waals surface area contributed by atoms with Crippen molar-refractivity contribution in [1.82, 2.24) is 10.3 Å². The van der Waals surface area contributed by atoms with Crippen molar-refractivity contribution >= 4 is 17.2 Å². The number of hydrogen-bond acceptors (Lipinski definition) is 4. The van der Waals surface area contributed by atoms with Crippen LogP contribution in [0.3, 0.4) is 0 Å². The van der Waals surface area contributed by atoms with Crippen molar-refractivity contribution in [1.29, 1.82) is 0 Å². The number of hydrazine groups is 1. The van der Waals surface area contributed by atoms with Crippen LogP contribution in [0.5, 0.6) is 0 Å². The van der Waals surface area contributed by atoms with Crippen LogP contribution >= 0.6 is 11.3 Å². The number of nitrogens with zero attached hydrogens (tertiary/aromatic N) is 1. The van der Waals surface area contributed by atoms with Crippen LogP contribution in [0.15, 0.2) is 12.1 Å². The summed E-state index contributed by atoms with van der Waals surface area (Å²) in [7, 11) is 0. The summed E-state index contributed by atoms with van der Waals surface area (Å²) in [6, 6.07) is 4.64. The summed E-state index contributed by atoms with van der Waals surface area (Å²) in [5, 5.41) is 0. The molecule has 1 amide bonds. The highest BCUT2D eigenvalue weighted by Gasteiger charge is 2.28. The molecule has 17 heavy (non-hydrogen) atoms. The fraction of sp³-hybridized carbons (Fsp3) is 0.583. The number of carbonyl (C=O) groups excluding carboxylic acids is 1. The van der Waals surface area contributed by atoms with Gasteiger partial charge in [-0.1, -0.05) is 6.92 Å². The number of hydrogen-bond donors (Lipinski definition) is 2. The van der Waals surface area contributed by atoms with Gasteiger partial charge in [0.2, 0.25) is 0 Å². The third-order valence-corrected chi connectivity index (χ3v) is 4.02. The molecule has 1 fully saturated rings. The maximum absolute atomic E-state index is 11.3. The highest BCUT2D eigenvalue weighted by molar-refractivity contribution is 7.14. The molecule has 0 spiro atoms. The van der Waals surface area contributed by atoms with Crippen molar-refractivity contribution < 1.29 is 4.79 Å². The van der Waals surface area contributed by atoms with E-state index in [2.05, 4.69) is 17.2 Å². The summed E-state index contributed by atoms with van der Waals surface area (Å²) in [4.78, 5) is 15.8. The second-order valence-corrected chi connectivity index (χ2v) is 5.61.